The second-order valence-corrected chi connectivity index (χ2v) is 8.93. The summed E-state index contributed by atoms with van der Waals surface area (Å²) in [6.07, 6.45) is 1.10. The molecule has 2 unspecified atom stereocenters. The van der Waals surface area contributed by atoms with Gasteiger partial charge >= 0.3 is 0 Å². The quantitative estimate of drug-likeness (QED) is 0.620. The third-order valence-corrected chi connectivity index (χ3v) is 6.76. The SMILES string of the molecule is Cc1ccc(SCC(C)C2CC(=O)C(c3ccc(C)cc3C)=C(O)C2)cc1. The van der Waals surface area contributed by atoms with E-state index < -0.39 is 0 Å². The Labute approximate surface area is 166 Å². The number of thioether (sulfide) groups is 1. The minimum Gasteiger partial charge on any atom is -0.512 e. The molecule has 27 heavy (non-hydrogen) atoms. The normalized spacial score (nSPS) is 18.7. The maximum Gasteiger partial charge on any atom is 0.167 e. The maximum absolute atomic E-state index is 12.8. The van der Waals surface area contributed by atoms with Gasteiger partial charge in [-0.25, -0.2) is 0 Å². The van der Waals surface area contributed by atoms with Gasteiger partial charge in [0.1, 0.15) is 5.76 Å². The lowest BCUT2D eigenvalue weighted by Crippen LogP contribution is -2.25. The number of carbonyl (C=O) groups is 1. The number of rotatable bonds is 5. The molecule has 1 N–H and O–H groups in total. The van der Waals surface area contributed by atoms with E-state index in [0.717, 1.165) is 16.9 Å². The fourth-order valence-electron chi connectivity index (χ4n) is 3.72. The smallest absolute Gasteiger partial charge is 0.167 e. The molecule has 0 amide bonds. The van der Waals surface area contributed by atoms with Crippen LogP contribution in [-0.4, -0.2) is 16.6 Å². The van der Waals surface area contributed by atoms with Crippen LogP contribution in [0.2, 0.25) is 0 Å². The summed E-state index contributed by atoms with van der Waals surface area (Å²) in [6.45, 7) is 8.32. The fourth-order valence-corrected chi connectivity index (χ4v) is 4.78. The number of hydrogen-bond donors (Lipinski definition) is 1. The average molecular weight is 381 g/mol. The molecule has 2 nitrogen and oxygen atoms in total. The lowest BCUT2D eigenvalue weighted by atomic mass is 9.78. The number of hydrogen-bond acceptors (Lipinski definition) is 3. The highest BCUT2D eigenvalue weighted by Crippen LogP contribution is 2.38. The van der Waals surface area contributed by atoms with Crippen LogP contribution in [0.4, 0.5) is 0 Å². The lowest BCUT2D eigenvalue weighted by Gasteiger charge is -2.28. The molecule has 1 aliphatic rings. The van der Waals surface area contributed by atoms with Gasteiger partial charge in [0.05, 0.1) is 5.57 Å². The number of aliphatic hydroxyl groups excluding tert-OH is 1. The first-order valence-electron chi connectivity index (χ1n) is 9.57. The molecule has 2 atom stereocenters. The van der Waals surface area contributed by atoms with Crippen LogP contribution in [0.3, 0.4) is 0 Å². The molecule has 0 radical (unpaired) electrons. The Bertz CT molecular complexity index is 864. The van der Waals surface area contributed by atoms with Crippen LogP contribution >= 0.6 is 11.8 Å². The number of Topliss-reactive ketones (excluding diaryl/α,β-unsaturated/α-hetero) is 1. The number of benzene rings is 2. The molecule has 2 aromatic rings. The zero-order valence-corrected chi connectivity index (χ0v) is 17.4. The molecule has 0 saturated carbocycles. The van der Waals surface area contributed by atoms with E-state index in [-0.39, 0.29) is 17.5 Å². The molecule has 3 rings (SSSR count). The second kappa shape index (κ2) is 8.35. The number of aliphatic hydroxyl groups is 1. The zero-order chi connectivity index (χ0) is 19.6. The van der Waals surface area contributed by atoms with Crippen LogP contribution in [0.5, 0.6) is 0 Å². The Morgan fingerprint density at radius 1 is 1.04 bits per heavy atom. The van der Waals surface area contributed by atoms with E-state index in [1.165, 1.54) is 16.0 Å². The van der Waals surface area contributed by atoms with Gasteiger partial charge in [-0.1, -0.05) is 48.4 Å². The van der Waals surface area contributed by atoms with E-state index in [9.17, 15) is 9.90 Å². The maximum atomic E-state index is 12.8. The van der Waals surface area contributed by atoms with Crippen molar-refractivity contribution in [2.45, 2.75) is 45.4 Å². The third kappa shape index (κ3) is 4.65. The van der Waals surface area contributed by atoms with Gasteiger partial charge < -0.3 is 5.11 Å². The summed E-state index contributed by atoms with van der Waals surface area (Å²) >= 11 is 1.83. The van der Waals surface area contributed by atoms with Crippen molar-refractivity contribution in [2.75, 3.05) is 5.75 Å². The molecule has 0 spiro atoms. The minimum atomic E-state index is 0.0721. The van der Waals surface area contributed by atoms with Gasteiger partial charge in [0.15, 0.2) is 5.78 Å². The summed E-state index contributed by atoms with van der Waals surface area (Å²) in [6, 6.07) is 14.6. The van der Waals surface area contributed by atoms with Crippen molar-refractivity contribution in [2.24, 2.45) is 11.8 Å². The number of aryl methyl sites for hydroxylation is 3. The van der Waals surface area contributed by atoms with Crippen molar-refractivity contribution in [1.29, 1.82) is 0 Å². The van der Waals surface area contributed by atoms with Crippen LogP contribution in [0.15, 0.2) is 53.1 Å². The summed E-state index contributed by atoms with van der Waals surface area (Å²) in [5, 5.41) is 10.7. The fraction of sp³-hybridized carbons (Fsp3) is 0.375. The van der Waals surface area contributed by atoms with Gasteiger partial charge in [0.2, 0.25) is 0 Å². The van der Waals surface area contributed by atoms with E-state index in [4.69, 9.17) is 0 Å². The average Bonchev–Trinajstić information content (AvgIpc) is 2.62. The van der Waals surface area contributed by atoms with Gasteiger partial charge in [-0.15, -0.1) is 11.8 Å². The van der Waals surface area contributed by atoms with E-state index >= 15 is 0 Å². The van der Waals surface area contributed by atoms with Crippen LogP contribution in [0.25, 0.3) is 5.57 Å². The van der Waals surface area contributed by atoms with E-state index in [1.807, 2.05) is 37.7 Å². The van der Waals surface area contributed by atoms with Gasteiger partial charge in [0, 0.05) is 23.5 Å². The van der Waals surface area contributed by atoms with Crippen molar-refractivity contribution >= 4 is 23.1 Å². The van der Waals surface area contributed by atoms with Crippen LogP contribution < -0.4 is 0 Å². The third-order valence-electron chi connectivity index (χ3n) is 5.46. The van der Waals surface area contributed by atoms with Gasteiger partial charge in [-0.05, 0) is 55.9 Å². The van der Waals surface area contributed by atoms with Crippen molar-refractivity contribution in [1.82, 2.24) is 0 Å². The molecule has 0 fully saturated rings. The Morgan fingerprint density at radius 2 is 1.70 bits per heavy atom. The van der Waals surface area contributed by atoms with E-state index in [2.05, 4.69) is 44.2 Å². The first-order valence-corrected chi connectivity index (χ1v) is 10.6. The zero-order valence-electron chi connectivity index (χ0n) is 16.6. The van der Waals surface area contributed by atoms with Gasteiger partial charge in [-0.2, -0.15) is 0 Å². The summed E-state index contributed by atoms with van der Waals surface area (Å²) in [7, 11) is 0. The molecule has 0 bridgehead atoms. The predicted molar refractivity (Wildman–Crippen MR) is 114 cm³/mol. The lowest BCUT2D eigenvalue weighted by molar-refractivity contribution is -0.115. The van der Waals surface area contributed by atoms with Crippen molar-refractivity contribution < 1.29 is 9.90 Å². The molecular weight excluding hydrogens is 352 g/mol. The molecule has 0 saturated heterocycles. The molecule has 2 aromatic carbocycles. The van der Waals surface area contributed by atoms with Gasteiger partial charge in [0.25, 0.3) is 0 Å². The van der Waals surface area contributed by atoms with Crippen LogP contribution in [0, 0.1) is 32.6 Å². The first-order chi connectivity index (χ1) is 12.8. The summed E-state index contributed by atoms with van der Waals surface area (Å²) in [4.78, 5) is 14.1. The largest absolute Gasteiger partial charge is 0.512 e. The summed E-state index contributed by atoms with van der Waals surface area (Å²) in [5.41, 5.74) is 4.88. The highest BCUT2D eigenvalue weighted by molar-refractivity contribution is 7.99. The highest BCUT2D eigenvalue weighted by atomic mass is 32.2. The second-order valence-electron chi connectivity index (χ2n) is 7.83. The molecular formula is C24H28O2S. The Hall–Kier alpha value is -2.00. The monoisotopic (exact) mass is 380 g/mol. The van der Waals surface area contributed by atoms with Crippen LogP contribution in [0.1, 0.15) is 42.0 Å². The molecule has 0 heterocycles. The molecule has 142 valence electrons. The molecule has 0 aliphatic heterocycles. The van der Waals surface area contributed by atoms with Crippen molar-refractivity contribution in [3.63, 3.8) is 0 Å². The van der Waals surface area contributed by atoms with E-state index in [0.29, 0.717) is 24.3 Å². The molecule has 1 aliphatic carbocycles. The minimum absolute atomic E-state index is 0.0721. The summed E-state index contributed by atoms with van der Waals surface area (Å²) in [5.74, 6) is 1.85. The van der Waals surface area contributed by atoms with Crippen LogP contribution in [-0.2, 0) is 4.79 Å². The number of carbonyl (C=O) groups excluding carboxylic acids is 1. The summed E-state index contributed by atoms with van der Waals surface area (Å²) < 4.78 is 0. The Kier molecular flexibility index (Phi) is 6.11. The van der Waals surface area contributed by atoms with Gasteiger partial charge in [-0.3, -0.25) is 4.79 Å². The predicted octanol–water partition coefficient (Wildman–Crippen LogP) is 6.29. The highest BCUT2D eigenvalue weighted by Gasteiger charge is 2.32. The molecule has 0 aromatic heterocycles. The topological polar surface area (TPSA) is 37.3 Å². The van der Waals surface area contributed by atoms with E-state index in [1.54, 1.807) is 0 Å². The Balaban J connectivity index is 1.70. The molecule has 3 heteroatoms. The number of ketones is 1. The Morgan fingerprint density at radius 3 is 2.33 bits per heavy atom. The van der Waals surface area contributed by atoms with Crippen molar-refractivity contribution in [3.8, 4) is 0 Å². The first kappa shape index (κ1) is 19.8. The number of allylic oxidation sites excluding steroid dienone is 2. The standard InChI is InChI=1S/C24H28O2S/c1-15-5-8-20(9-6-15)27-14-18(4)19-12-22(25)24(23(26)13-19)21-10-7-16(2)11-17(21)3/h5-11,18-19,25H,12-14H2,1-4H3. The van der Waals surface area contributed by atoms with Crippen molar-refractivity contribution in [3.05, 3.63) is 70.5 Å².